The standard InChI is InChI=1S/C17H15FNO.Y/c1-5-10-20-14-7-8-15(16(18)11-14)17-9-6-12(2)13(3)19(17)4;/h1,6-8,11H,3,10H2,2,4H3;/q-1;. The van der Waals surface area contributed by atoms with Gasteiger partial charge in [0.05, 0.1) is 5.82 Å². The van der Waals surface area contributed by atoms with Crippen LogP contribution in [0.3, 0.4) is 0 Å². The minimum absolute atomic E-state index is 0. The van der Waals surface area contributed by atoms with E-state index in [4.69, 9.17) is 11.2 Å². The summed E-state index contributed by atoms with van der Waals surface area (Å²) >= 11 is 0. The molecule has 1 heterocycles. The number of rotatable bonds is 3. The Kier molecular flexibility index (Phi) is 6.39. The molecule has 0 aliphatic carbocycles. The molecule has 0 bridgehead atoms. The first-order valence-electron chi connectivity index (χ1n) is 6.14. The number of hydrogen-bond acceptors (Lipinski definition) is 2. The van der Waals surface area contributed by atoms with Crippen molar-refractivity contribution in [3.63, 3.8) is 0 Å². The van der Waals surface area contributed by atoms with Gasteiger partial charge in [0.2, 0.25) is 0 Å². The number of terminal acetylenes is 1. The Morgan fingerprint density at radius 1 is 1.48 bits per heavy atom. The maximum atomic E-state index is 14.2. The van der Waals surface area contributed by atoms with Crippen LogP contribution in [0.4, 0.5) is 4.39 Å². The molecule has 0 saturated heterocycles. The van der Waals surface area contributed by atoms with Gasteiger partial charge in [-0.25, -0.2) is 4.39 Å². The molecule has 1 aliphatic heterocycles. The molecule has 0 N–H and O–H groups in total. The van der Waals surface area contributed by atoms with E-state index in [2.05, 4.69) is 18.6 Å². The average molecular weight is 357 g/mol. The monoisotopic (exact) mass is 357 g/mol. The van der Waals surface area contributed by atoms with Gasteiger partial charge in [-0.1, -0.05) is 30.7 Å². The molecule has 0 spiro atoms. The normalized spacial score (nSPS) is 13.8. The van der Waals surface area contributed by atoms with Crippen molar-refractivity contribution in [3.8, 4) is 18.1 Å². The summed E-state index contributed by atoms with van der Waals surface area (Å²) < 4.78 is 19.4. The minimum atomic E-state index is -0.380. The van der Waals surface area contributed by atoms with E-state index in [-0.39, 0.29) is 45.1 Å². The van der Waals surface area contributed by atoms with E-state index in [0.717, 1.165) is 11.3 Å². The summed E-state index contributed by atoms with van der Waals surface area (Å²) in [5.41, 5.74) is 2.92. The molecule has 0 fully saturated rings. The maximum absolute atomic E-state index is 14.2. The average Bonchev–Trinajstić information content (AvgIpc) is 2.44. The van der Waals surface area contributed by atoms with Crippen LogP contribution >= 0.6 is 0 Å². The van der Waals surface area contributed by atoms with Gasteiger partial charge in [0.15, 0.2) is 0 Å². The number of nitrogens with zero attached hydrogens (tertiary/aromatic N) is 1. The summed E-state index contributed by atoms with van der Waals surface area (Å²) in [7, 11) is 1.84. The summed E-state index contributed by atoms with van der Waals surface area (Å²) in [4.78, 5) is 1.82. The predicted molar refractivity (Wildman–Crippen MR) is 78.0 cm³/mol. The zero-order valence-electron chi connectivity index (χ0n) is 12.1. The summed E-state index contributed by atoms with van der Waals surface area (Å²) in [6.07, 6.45) is 9.98. The summed E-state index contributed by atoms with van der Waals surface area (Å²) in [6.45, 7) is 6.02. The van der Waals surface area contributed by atoms with Crippen LogP contribution in [0.25, 0.3) is 5.70 Å². The second kappa shape index (κ2) is 7.59. The topological polar surface area (TPSA) is 12.5 Å². The molecule has 4 heteroatoms. The van der Waals surface area contributed by atoms with Gasteiger partial charge in [-0.05, 0) is 11.8 Å². The van der Waals surface area contributed by atoms with Gasteiger partial charge in [-0.15, -0.1) is 18.1 Å². The Morgan fingerprint density at radius 3 is 2.81 bits per heavy atom. The fraction of sp³-hybridized carbons (Fsp3) is 0.176. The van der Waals surface area contributed by atoms with E-state index in [1.165, 1.54) is 6.07 Å². The molecule has 0 amide bonds. The van der Waals surface area contributed by atoms with Crippen LogP contribution in [-0.2, 0) is 32.7 Å². The van der Waals surface area contributed by atoms with E-state index >= 15 is 0 Å². The van der Waals surface area contributed by atoms with E-state index in [1.807, 2.05) is 18.9 Å². The molecule has 1 aromatic carbocycles. The Morgan fingerprint density at radius 2 is 2.19 bits per heavy atom. The van der Waals surface area contributed by atoms with Crippen LogP contribution in [0.15, 0.2) is 42.1 Å². The van der Waals surface area contributed by atoms with Crippen LogP contribution in [0.1, 0.15) is 12.5 Å². The van der Waals surface area contributed by atoms with Crippen molar-refractivity contribution < 1.29 is 41.8 Å². The van der Waals surface area contributed by atoms with Crippen molar-refractivity contribution in [2.24, 2.45) is 0 Å². The van der Waals surface area contributed by atoms with Crippen LogP contribution in [0.5, 0.6) is 5.75 Å². The molecule has 1 aliphatic rings. The zero-order chi connectivity index (χ0) is 14.7. The smallest absolute Gasteiger partial charge is 0.148 e. The second-order valence-corrected chi connectivity index (χ2v) is 4.46. The number of halogens is 1. The Balaban J connectivity index is 0.00000220. The van der Waals surface area contributed by atoms with Crippen LogP contribution in [-0.4, -0.2) is 18.6 Å². The molecule has 105 valence electrons. The molecule has 0 saturated carbocycles. The molecular weight excluding hydrogens is 342 g/mol. The molecule has 0 atom stereocenters. The Labute approximate surface area is 150 Å². The maximum Gasteiger partial charge on any atom is 0.148 e. The van der Waals surface area contributed by atoms with Gasteiger partial charge in [0, 0.05) is 45.8 Å². The second-order valence-electron chi connectivity index (χ2n) is 4.46. The first kappa shape index (κ1) is 17.7. The predicted octanol–water partition coefficient (Wildman–Crippen LogP) is 3.38. The van der Waals surface area contributed by atoms with E-state index in [9.17, 15) is 4.39 Å². The van der Waals surface area contributed by atoms with Gasteiger partial charge in [-0.3, -0.25) is 0 Å². The van der Waals surface area contributed by atoms with E-state index in [1.54, 1.807) is 18.2 Å². The van der Waals surface area contributed by atoms with Crippen LogP contribution < -0.4 is 4.74 Å². The molecule has 1 aromatic rings. The molecule has 1 radical (unpaired) electrons. The molecule has 2 nitrogen and oxygen atoms in total. The first-order valence-corrected chi connectivity index (χ1v) is 6.14. The molecular formula is C17H15FNOY-. The largest absolute Gasteiger partial charge is 0.481 e. The van der Waals surface area contributed by atoms with Crippen molar-refractivity contribution in [2.45, 2.75) is 6.92 Å². The number of likely N-dealkylation sites (N-methyl/N-ethyl adjacent to an activating group) is 1. The van der Waals surface area contributed by atoms with Crippen molar-refractivity contribution in [3.05, 3.63) is 59.6 Å². The minimum Gasteiger partial charge on any atom is -0.481 e. The third-order valence-corrected chi connectivity index (χ3v) is 3.14. The summed E-state index contributed by atoms with van der Waals surface area (Å²) in [5, 5.41) is 0. The Bertz CT molecular complexity index is 655. The molecule has 21 heavy (non-hydrogen) atoms. The fourth-order valence-corrected chi connectivity index (χ4v) is 1.92. The third kappa shape index (κ3) is 3.84. The first-order chi connectivity index (χ1) is 9.54. The number of benzene rings is 1. The van der Waals surface area contributed by atoms with Gasteiger partial charge in [-0.2, -0.15) is 12.2 Å². The van der Waals surface area contributed by atoms with Gasteiger partial charge in [0.25, 0.3) is 0 Å². The molecule has 2 rings (SSSR count). The summed E-state index contributed by atoms with van der Waals surface area (Å²) in [6, 6.07) is 4.66. The SMILES string of the molecule is C#CCOc1ccc(C2=[C-]C=C(C)C(=C)N2C)c(F)c1.[Y]. The van der Waals surface area contributed by atoms with Gasteiger partial charge < -0.3 is 9.64 Å². The number of allylic oxidation sites excluding steroid dienone is 3. The van der Waals surface area contributed by atoms with Crippen molar-refractivity contribution in [1.29, 1.82) is 0 Å². The van der Waals surface area contributed by atoms with E-state index in [0.29, 0.717) is 17.0 Å². The van der Waals surface area contributed by atoms with Crippen molar-refractivity contribution >= 4 is 5.70 Å². The zero-order valence-corrected chi connectivity index (χ0v) is 15.0. The quantitative estimate of drug-likeness (QED) is 0.608. The van der Waals surface area contributed by atoms with Crippen LogP contribution in [0.2, 0.25) is 0 Å². The molecule has 0 unspecified atom stereocenters. The van der Waals surface area contributed by atoms with Crippen LogP contribution in [0, 0.1) is 24.2 Å². The Hall–Kier alpha value is -1.37. The van der Waals surface area contributed by atoms with Gasteiger partial charge >= 0.3 is 0 Å². The number of hydrogen-bond donors (Lipinski definition) is 0. The molecule has 0 aromatic heterocycles. The van der Waals surface area contributed by atoms with E-state index < -0.39 is 0 Å². The van der Waals surface area contributed by atoms with Crippen molar-refractivity contribution in [2.75, 3.05) is 13.7 Å². The third-order valence-electron chi connectivity index (χ3n) is 3.14. The summed E-state index contributed by atoms with van der Waals surface area (Å²) in [5.74, 6) is 2.37. The number of ether oxygens (including phenoxy) is 1. The fourth-order valence-electron chi connectivity index (χ4n) is 1.92. The van der Waals surface area contributed by atoms with Crippen molar-refractivity contribution in [1.82, 2.24) is 4.90 Å². The van der Waals surface area contributed by atoms with Gasteiger partial charge in [0.1, 0.15) is 12.4 Å².